The van der Waals surface area contributed by atoms with Crippen molar-refractivity contribution in [2.45, 2.75) is 51.5 Å². The van der Waals surface area contributed by atoms with E-state index >= 15 is 0 Å². The molecule has 0 aromatic heterocycles. The highest BCUT2D eigenvalue weighted by molar-refractivity contribution is 5.69. The second kappa shape index (κ2) is 4.14. The summed E-state index contributed by atoms with van der Waals surface area (Å²) in [7, 11) is 0. The standard InChI is InChI=1S/C12H21NO4/c1-7-5-13(11(15)17-12(2,3)4)9-8(14)6-16-10(7)9/h7-10,14H,5-6H2,1-4H3/t7-,8+,9-,10-/m1/s1. The van der Waals surface area contributed by atoms with Crippen molar-refractivity contribution in [3.8, 4) is 0 Å². The van der Waals surface area contributed by atoms with Crippen LogP contribution >= 0.6 is 0 Å². The van der Waals surface area contributed by atoms with Crippen LogP contribution in [0.5, 0.6) is 0 Å². The van der Waals surface area contributed by atoms with Crippen molar-refractivity contribution < 1.29 is 19.4 Å². The van der Waals surface area contributed by atoms with E-state index in [1.54, 1.807) is 4.90 Å². The largest absolute Gasteiger partial charge is 0.444 e. The second-order valence-electron chi connectivity index (χ2n) is 5.97. The molecule has 2 saturated heterocycles. The Kier molecular flexibility index (Phi) is 3.08. The zero-order valence-electron chi connectivity index (χ0n) is 10.8. The summed E-state index contributed by atoms with van der Waals surface area (Å²) in [6, 6.07) is -0.250. The first-order valence-corrected chi connectivity index (χ1v) is 6.09. The number of hydrogen-bond donors (Lipinski definition) is 1. The number of hydrogen-bond acceptors (Lipinski definition) is 4. The highest BCUT2D eigenvalue weighted by Gasteiger charge is 2.51. The predicted molar refractivity (Wildman–Crippen MR) is 61.6 cm³/mol. The van der Waals surface area contributed by atoms with E-state index < -0.39 is 11.7 Å². The van der Waals surface area contributed by atoms with Gasteiger partial charge in [0.2, 0.25) is 0 Å². The lowest BCUT2D eigenvalue weighted by Gasteiger charge is -2.28. The van der Waals surface area contributed by atoms with E-state index in [1.807, 2.05) is 27.7 Å². The molecule has 0 radical (unpaired) electrons. The van der Waals surface area contributed by atoms with Crippen LogP contribution in [0, 0.1) is 5.92 Å². The van der Waals surface area contributed by atoms with Crippen molar-refractivity contribution in [2.24, 2.45) is 5.92 Å². The van der Waals surface area contributed by atoms with E-state index in [0.29, 0.717) is 13.2 Å². The molecule has 0 spiro atoms. The Bertz CT molecular complexity index is 312. The first kappa shape index (κ1) is 12.6. The Labute approximate surface area is 102 Å². The molecule has 2 aliphatic rings. The lowest BCUT2D eigenvalue weighted by atomic mass is 10.0. The summed E-state index contributed by atoms with van der Waals surface area (Å²) in [6.07, 6.45) is -1.02. The van der Waals surface area contributed by atoms with Crippen molar-refractivity contribution in [2.75, 3.05) is 13.2 Å². The summed E-state index contributed by atoms with van der Waals surface area (Å²) in [5.41, 5.74) is -0.511. The summed E-state index contributed by atoms with van der Waals surface area (Å²) >= 11 is 0. The first-order chi connectivity index (χ1) is 7.79. The summed E-state index contributed by atoms with van der Waals surface area (Å²) in [6.45, 7) is 8.43. The molecule has 2 heterocycles. The third kappa shape index (κ3) is 2.40. The summed E-state index contributed by atoms with van der Waals surface area (Å²) in [5.74, 6) is 0.240. The van der Waals surface area contributed by atoms with Gasteiger partial charge in [-0.25, -0.2) is 4.79 Å². The fourth-order valence-electron chi connectivity index (χ4n) is 2.56. The van der Waals surface area contributed by atoms with Crippen LogP contribution in [0.25, 0.3) is 0 Å². The predicted octanol–water partition coefficient (Wildman–Crippen LogP) is 1.00. The second-order valence-corrected chi connectivity index (χ2v) is 5.97. The Morgan fingerprint density at radius 2 is 2.12 bits per heavy atom. The molecule has 0 aliphatic carbocycles. The maximum Gasteiger partial charge on any atom is 0.410 e. The number of amides is 1. The number of ether oxygens (including phenoxy) is 2. The first-order valence-electron chi connectivity index (χ1n) is 6.09. The molecule has 17 heavy (non-hydrogen) atoms. The van der Waals surface area contributed by atoms with Gasteiger partial charge in [0.15, 0.2) is 0 Å². The molecule has 2 fully saturated rings. The van der Waals surface area contributed by atoms with Crippen LogP contribution in [0.1, 0.15) is 27.7 Å². The summed E-state index contributed by atoms with van der Waals surface area (Å²) in [5, 5.41) is 9.86. The zero-order chi connectivity index (χ0) is 12.8. The topological polar surface area (TPSA) is 59.0 Å². The van der Waals surface area contributed by atoms with Crippen LogP contribution in [0.3, 0.4) is 0 Å². The molecule has 5 heteroatoms. The Balaban J connectivity index is 2.08. The van der Waals surface area contributed by atoms with E-state index in [9.17, 15) is 9.90 Å². The smallest absolute Gasteiger partial charge is 0.410 e. The van der Waals surface area contributed by atoms with Crippen molar-refractivity contribution in [3.05, 3.63) is 0 Å². The molecule has 0 bridgehead atoms. The van der Waals surface area contributed by atoms with E-state index in [2.05, 4.69) is 0 Å². The number of carbonyl (C=O) groups is 1. The molecular weight excluding hydrogens is 222 g/mol. The fourth-order valence-corrected chi connectivity index (χ4v) is 2.56. The van der Waals surface area contributed by atoms with Crippen molar-refractivity contribution >= 4 is 6.09 Å². The van der Waals surface area contributed by atoms with E-state index in [0.717, 1.165) is 0 Å². The number of nitrogens with zero attached hydrogens (tertiary/aromatic N) is 1. The minimum Gasteiger partial charge on any atom is -0.444 e. The monoisotopic (exact) mass is 243 g/mol. The minimum absolute atomic E-state index is 0.0579. The van der Waals surface area contributed by atoms with Crippen LogP contribution in [-0.4, -0.2) is 53.1 Å². The van der Waals surface area contributed by atoms with E-state index in [-0.39, 0.29) is 24.2 Å². The maximum absolute atomic E-state index is 12.0. The van der Waals surface area contributed by atoms with E-state index in [4.69, 9.17) is 9.47 Å². The van der Waals surface area contributed by atoms with Crippen LogP contribution in [0.15, 0.2) is 0 Å². The molecule has 2 aliphatic heterocycles. The molecule has 0 aromatic rings. The number of aliphatic hydroxyl groups excluding tert-OH is 1. The van der Waals surface area contributed by atoms with Gasteiger partial charge >= 0.3 is 6.09 Å². The molecular formula is C12H21NO4. The molecule has 0 saturated carbocycles. The molecule has 1 N–H and O–H groups in total. The Morgan fingerprint density at radius 1 is 1.47 bits per heavy atom. The van der Waals surface area contributed by atoms with Gasteiger partial charge in [-0.1, -0.05) is 6.92 Å². The van der Waals surface area contributed by atoms with Crippen LogP contribution < -0.4 is 0 Å². The maximum atomic E-state index is 12.0. The van der Waals surface area contributed by atoms with Crippen LogP contribution in [0.4, 0.5) is 4.79 Å². The number of carbonyl (C=O) groups excluding carboxylic acids is 1. The molecule has 1 amide bonds. The SMILES string of the molecule is C[C@@H]1CN(C(=O)OC(C)(C)C)[C@H]2[C@@H]1OC[C@@H]2O. The van der Waals surface area contributed by atoms with Gasteiger partial charge in [0.05, 0.1) is 18.8 Å². The number of likely N-dealkylation sites (tertiary alicyclic amines) is 1. The number of fused-ring (bicyclic) bond motifs is 1. The zero-order valence-corrected chi connectivity index (χ0v) is 10.8. The lowest BCUT2D eigenvalue weighted by Crippen LogP contribution is -2.46. The van der Waals surface area contributed by atoms with Gasteiger partial charge in [0.1, 0.15) is 11.7 Å². The van der Waals surface area contributed by atoms with Gasteiger partial charge in [-0.15, -0.1) is 0 Å². The molecule has 2 rings (SSSR count). The molecule has 0 aromatic carbocycles. The van der Waals surface area contributed by atoms with Gasteiger partial charge in [-0.2, -0.15) is 0 Å². The lowest BCUT2D eigenvalue weighted by molar-refractivity contribution is 0.0102. The fraction of sp³-hybridized carbons (Fsp3) is 0.917. The molecule has 4 atom stereocenters. The van der Waals surface area contributed by atoms with Gasteiger partial charge in [0, 0.05) is 12.5 Å². The van der Waals surface area contributed by atoms with Gasteiger partial charge in [-0.05, 0) is 20.8 Å². The number of aliphatic hydroxyl groups is 1. The molecule has 0 unspecified atom stereocenters. The Hall–Kier alpha value is -0.810. The Morgan fingerprint density at radius 3 is 2.71 bits per heavy atom. The third-order valence-electron chi connectivity index (χ3n) is 3.22. The van der Waals surface area contributed by atoms with Gasteiger partial charge in [0.25, 0.3) is 0 Å². The quantitative estimate of drug-likeness (QED) is 0.689. The highest BCUT2D eigenvalue weighted by Crippen LogP contribution is 2.34. The third-order valence-corrected chi connectivity index (χ3v) is 3.22. The van der Waals surface area contributed by atoms with Crippen LogP contribution in [0.2, 0.25) is 0 Å². The van der Waals surface area contributed by atoms with E-state index in [1.165, 1.54) is 0 Å². The highest BCUT2D eigenvalue weighted by atomic mass is 16.6. The molecule has 5 nitrogen and oxygen atoms in total. The van der Waals surface area contributed by atoms with Crippen molar-refractivity contribution in [1.29, 1.82) is 0 Å². The summed E-state index contributed by atoms with van der Waals surface area (Å²) < 4.78 is 10.9. The van der Waals surface area contributed by atoms with Gasteiger partial charge < -0.3 is 14.6 Å². The summed E-state index contributed by atoms with van der Waals surface area (Å²) in [4.78, 5) is 13.6. The average molecular weight is 243 g/mol. The van der Waals surface area contributed by atoms with Crippen molar-refractivity contribution in [3.63, 3.8) is 0 Å². The number of rotatable bonds is 0. The van der Waals surface area contributed by atoms with Crippen LogP contribution in [-0.2, 0) is 9.47 Å². The molecule has 98 valence electrons. The normalized spacial score (nSPS) is 37.1. The van der Waals surface area contributed by atoms with Gasteiger partial charge in [-0.3, -0.25) is 4.90 Å². The van der Waals surface area contributed by atoms with Crippen molar-refractivity contribution in [1.82, 2.24) is 4.90 Å². The average Bonchev–Trinajstić information content (AvgIpc) is 2.67. The minimum atomic E-state index is -0.600.